The molecule has 0 unspecified atom stereocenters. The third-order valence-electron chi connectivity index (χ3n) is 4.77. The molecule has 2 heterocycles. The number of fused-ring (bicyclic) bond motifs is 3. The van der Waals surface area contributed by atoms with Gasteiger partial charge in [-0.3, -0.25) is 4.79 Å². The summed E-state index contributed by atoms with van der Waals surface area (Å²) >= 11 is 1.40. The van der Waals surface area contributed by atoms with Gasteiger partial charge in [-0.1, -0.05) is 23.5 Å². The van der Waals surface area contributed by atoms with Crippen molar-refractivity contribution < 1.29 is 4.74 Å². The Labute approximate surface area is 161 Å². The van der Waals surface area contributed by atoms with Gasteiger partial charge < -0.3 is 9.64 Å². The Morgan fingerprint density at radius 2 is 1.96 bits per heavy atom. The Morgan fingerprint density at radius 3 is 2.70 bits per heavy atom. The fraction of sp³-hybridized carbons (Fsp3) is 0.238. The largest absolute Gasteiger partial charge is 0.496 e. The molecular weight excluding hydrogens is 358 g/mol. The maximum Gasteiger partial charge on any atom is 0.274 e. The van der Waals surface area contributed by atoms with Crippen LogP contribution in [0.2, 0.25) is 0 Å². The van der Waals surface area contributed by atoms with Crippen LogP contribution >= 0.6 is 11.3 Å². The van der Waals surface area contributed by atoms with Crippen molar-refractivity contribution in [1.29, 1.82) is 0 Å². The number of hydrogen-bond acceptors (Lipinski definition) is 5. The van der Waals surface area contributed by atoms with Crippen LogP contribution in [-0.4, -0.2) is 29.6 Å². The number of benzene rings is 2. The molecule has 0 saturated carbocycles. The lowest BCUT2D eigenvalue weighted by atomic mass is 10.1. The van der Waals surface area contributed by atoms with Crippen molar-refractivity contribution in [2.75, 3.05) is 25.1 Å². The number of ether oxygens (including phenoxy) is 1. The van der Waals surface area contributed by atoms with Crippen molar-refractivity contribution >= 4 is 39.1 Å². The molecule has 4 rings (SSSR count). The first-order chi connectivity index (χ1) is 13.2. The molecule has 0 bridgehead atoms. The van der Waals surface area contributed by atoms with E-state index in [0.717, 1.165) is 41.1 Å². The first kappa shape index (κ1) is 17.5. The number of thiazole rings is 1. The maximum absolute atomic E-state index is 13.0. The molecule has 27 heavy (non-hydrogen) atoms. The van der Waals surface area contributed by atoms with Crippen LogP contribution in [0.3, 0.4) is 0 Å². The number of para-hydroxylation sites is 2. The van der Waals surface area contributed by atoms with Gasteiger partial charge in [-0.15, -0.1) is 0 Å². The lowest BCUT2D eigenvalue weighted by Gasteiger charge is -2.22. The predicted molar refractivity (Wildman–Crippen MR) is 112 cm³/mol. The Bertz CT molecular complexity index is 1220. The second-order valence-electron chi connectivity index (χ2n) is 6.23. The summed E-state index contributed by atoms with van der Waals surface area (Å²) in [5.41, 5.74) is 3.66. The lowest BCUT2D eigenvalue weighted by molar-refractivity contribution is 0.414. The lowest BCUT2D eigenvalue weighted by Crippen LogP contribution is -2.23. The molecule has 0 saturated heterocycles. The molecule has 2 aromatic heterocycles. The van der Waals surface area contributed by atoms with Crippen LogP contribution in [0, 0.1) is 0 Å². The van der Waals surface area contributed by atoms with Crippen molar-refractivity contribution in [1.82, 2.24) is 9.38 Å². The van der Waals surface area contributed by atoms with Crippen molar-refractivity contribution in [2.45, 2.75) is 13.8 Å². The zero-order chi connectivity index (χ0) is 19.0. The molecule has 0 N–H and O–H groups in total. The van der Waals surface area contributed by atoms with Crippen molar-refractivity contribution in [2.24, 2.45) is 0 Å². The van der Waals surface area contributed by atoms with Crippen LogP contribution in [0.1, 0.15) is 19.4 Å². The summed E-state index contributed by atoms with van der Waals surface area (Å²) in [6, 6.07) is 13.8. The molecule has 0 spiro atoms. The molecule has 0 aliphatic rings. The van der Waals surface area contributed by atoms with Gasteiger partial charge in [-0.2, -0.15) is 0 Å². The van der Waals surface area contributed by atoms with Gasteiger partial charge in [0, 0.05) is 24.3 Å². The number of anilines is 1. The zero-order valence-corrected chi connectivity index (χ0v) is 16.4. The number of imidazole rings is 1. The molecule has 6 heteroatoms. The zero-order valence-electron chi connectivity index (χ0n) is 15.6. The standard InChI is InChI=1S/C21H21N3O2S/c1-4-23(5-2)15-10-11-18(26-3)14(12-15)13-19-20(25)24-17-9-7-6-8-16(17)22-21(24)27-19/h6-13H,4-5H2,1-3H3/b19-13-. The molecule has 0 radical (unpaired) electrons. The fourth-order valence-electron chi connectivity index (χ4n) is 3.37. The van der Waals surface area contributed by atoms with E-state index in [2.05, 4.69) is 35.9 Å². The molecule has 0 atom stereocenters. The van der Waals surface area contributed by atoms with Gasteiger partial charge in [0.15, 0.2) is 4.96 Å². The number of methoxy groups -OCH3 is 1. The fourth-order valence-corrected chi connectivity index (χ4v) is 4.35. The summed E-state index contributed by atoms with van der Waals surface area (Å²) in [5, 5.41) is 0. The monoisotopic (exact) mass is 379 g/mol. The van der Waals surface area contributed by atoms with E-state index in [9.17, 15) is 4.79 Å². The maximum atomic E-state index is 13.0. The molecule has 0 aliphatic carbocycles. The van der Waals surface area contributed by atoms with Crippen LogP contribution in [0.5, 0.6) is 5.75 Å². The van der Waals surface area contributed by atoms with Crippen LogP contribution in [-0.2, 0) is 0 Å². The summed E-state index contributed by atoms with van der Waals surface area (Å²) in [6.45, 7) is 6.11. The van der Waals surface area contributed by atoms with E-state index in [0.29, 0.717) is 9.49 Å². The van der Waals surface area contributed by atoms with Gasteiger partial charge in [-0.25, -0.2) is 9.38 Å². The van der Waals surface area contributed by atoms with Crippen molar-refractivity contribution in [3.63, 3.8) is 0 Å². The molecule has 4 aromatic rings. The Hall–Kier alpha value is -2.86. The van der Waals surface area contributed by atoms with Gasteiger partial charge in [0.05, 0.1) is 22.7 Å². The van der Waals surface area contributed by atoms with Crippen molar-refractivity contribution in [3.05, 3.63) is 62.9 Å². The number of aromatic nitrogens is 2. The first-order valence-corrected chi connectivity index (χ1v) is 9.82. The summed E-state index contributed by atoms with van der Waals surface area (Å²) in [4.78, 5) is 20.5. The van der Waals surface area contributed by atoms with E-state index >= 15 is 0 Å². The quantitative estimate of drug-likeness (QED) is 0.534. The highest BCUT2D eigenvalue weighted by Crippen LogP contribution is 2.26. The molecular formula is C21H21N3O2S. The number of hydrogen-bond donors (Lipinski definition) is 0. The highest BCUT2D eigenvalue weighted by molar-refractivity contribution is 7.15. The van der Waals surface area contributed by atoms with E-state index in [-0.39, 0.29) is 5.56 Å². The van der Waals surface area contributed by atoms with Crippen LogP contribution in [0.15, 0.2) is 47.3 Å². The minimum absolute atomic E-state index is 0.0426. The van der Waals surface area contributed by atoms with Crippen LogP contribution in [0.25, 0.3) is 22.1 Å². The Morgan fingerprint density at radius 1 is 1.19 bits per heavy atom. The minimum Gasteiger partial charge on any atom is -0.496 e. The average molecular weight is 379 g/mol. The third kappa shape index (κ3) is 2.96. The van der Waals surface area contributed by atoms with Crippen LogP contribution in [0.4, 0.5) is 5.69 Å². The Kier molecular flexibility index (Phi) is 4.58. The molecule has 0 aliphatic heterocycles. The van der Waals surface area contributed by atoms with E-state index in [1.54, 1.807) is 11.5 Å². The summed E-state index contributed by atoms with van der Waals surface area (Å²) in [6.07, 6.45) is 1.91. The molecule has 5 nitrogen and oxygen atoms in total. The topological polar surface area (TPSA) is 46.8 Å². The Balaban J connectivity index is 1.91. The highest BCUT2D eigenvalue weighted by atomic mass is 32.1. The van der Waals surface area contributed by atoms with E-state index in [1.165, 1.54) is 11.3 Å². The smallest absolute Gasteiger partial charge is 0.274 e. The molecule has 0 amide bonds. The number of nitrogens with zero attached hydrogens (tertiary/aromatic N) is 3. The predicted octanol–water partition coefficient (Wildman–Crippen LogP) is 3.31. The van der Waals surface area contributed by atoms with Gasteiger partial charge in [0.2, 0.25) is 0 Å². The summed E-state index contributed by atoms with van der Waals surface area (Å²) in [5.74, 6) is 0.751. The first-order valence-electron chi connectivity index (χ1n) is 9.01. The van der Waals surface area contributed by atoms with Gasteiger partial charge in [-0.05, 0) is 50.3 Å². The molecule has 0 fully saturated rings. The van der Waals surface area contributed by atoms with E-state index < -0.39 is 0 Å². The van der Waals surface area contributed by atoms with Crippen LogP contribution < -0.4 is 19.7 Å². The van der Waals surface area contributed by atoms with Gasteiger partial charge in [0.25, 0.3) is 5.56 Å². The second-order valence-corrected chi connectivity index (χ2v) is 7.24. The number of rotatable bonds is 5. The third-order valence-corrected chi connectivity index (χ3v) is 5.74. The van der Waals surface area contributed by atoms with E-state index in [4.69, 9.17) is 4.74 Å². The molecule has 138 valence electrons. The highest BCUT2D eigenvalue weighted by Gasteiger charge is 2.12. The second kappa shape index (κ2) is 7.04. The SMILES string of the molecule is CCN(CC)c1ccc(OC)c(/C=c2\sc3nc4ccccc4n3c2=O)c1. The average Bonchev–Trinajstić information content (AvgIpc) is 3.19. The molecule has 2 aromatic carbocycles. The van der Waals surface area contributed by atoms with Gasteiger partial charge in [0.1, 0.15) is 5.75 Å². The van der Waals surface area contributed by atoms with Gasteiger partial charge >= 0.3 is 0 Å². The van der Waals surface area contributed by atoms with Crippen molar-refractivity contribution in [3.8, 4) is 5.75 Å². The summed E-state index contributed by atoms with van der Waals surface area (Å²) < 4.78 is 7.85. The normalized spacial score (nSPS) is 12.2. The minimum atomic E-state index is -0.0426. The summed E-state index contributed by atoms with van der Waals surface area (Å²) in [7, 11) is 1.65. The van der Waals surface area contributed by atoms with E-state index in [1.807, 2.05) is 36.4 Å².